The number of dihydropyridines is 1. The van der Waals surface area contributed by atoms with E-state index >= 15 is 0 Å². The van der Waals surface area contributed by atoms with Crippen molar-refractivity contribution < 1.29 is 0 Å². The summed E-state index contributed by atoms with van der Waals surface area (Å²) in [7, 11) is 0. The second kappa shape index (κ2) is 1.80. The van der Waals surface area contributed by atoms with Gasteiger partial charge >= 0.3 is 0 Å². The fraction of sp³-hybridized carbons (Fsp3) is 0.143. The zero-order valence-corrected chi connectivity index (χ0v) is 5.36. The highest BCUT2D eigenvalue weighted by molar-refractivity contribution is 6.07. The third-order valence-corrected chi connectivity index (χ3v) is 1.49. The van der Waals surface area contributed by atoms with Gasteiger partial charge in [0.2, 0.25) is 0 Å². The molecule has 0 bridgehead atoms. The normalized spacial score (nSPS) is 27.8. The molecule has 0 fully saturated rings. The number of hydrogen-bond donors (Lipinski definition) is 1. The lowest BCUT2D eigenvalue weighted by atomic mass is 10.1. The minimum absolute atomic E-state index is 0.0880. The maximum Gasteiger partial charge on any atom is 0.122 e. The van der Waals surface area contributed by atoms with Crippen molar-refractivity contribution in [1.29, 1.82) is 0 Å². The lowest BCUT2D eigenvalue weighted by Crippen LogP contribution is -2.12. The van der Waals surface area contributed by atoms with Gasteiger partial charge < -0.3 is 5.73 Å². The minimum atomic E-state index is 0.0880. The smallest absolute Gasteiger partial charge is 0.122 e. The molecule has 0 aromatic carbocycles. The molecule has 0 aromatic rings. The monoisotopic (exact) mass is 133 g/mol. The summed E-state index contributed by atoms with van der Waals surface area (Å²) in [6.07, 6.45) is 7.39. The van der Waals surface area contributed by atoms with Crippen LogP contribution in [0.15, 0.2) is 34.0 Å². The maximum absolute atomic E-state index is 5.46. The molecule has 2 N–H and O–H groups in total. The molecule has 3 nitrogen and oxygen atoms in total. The largest absolute Gasteiger partial charge is 0.384 e. The van der Waals surface area contributed by atoms with E-state index < -0.39 is 0 Å². The molecule has 10 heavy (non-hydrogen) atoms. The molecule has 0 saturated heterocycles. The molecule has 0 amide bonds. The van der Waals surface area contributed by atoms with Gasteiger partial charge in [-0.25, -0.2) is 4.99 Å². The number of rotatable bonds is 0. The number of hydrogen-bond acceptors (Lipinski definition) is 3. The van der Waals surface area contributed by atoms with Crippen molar-refractivity contribution in [3.63, 3.8) is 0 Å². The van der Waals surface area contributed by atoms with Crippen LogP contribution in [-0.4, -0.2) is 18.0 Å². The van der Waals surface area contributed by atoms with Crippen LogP contribution >= 0.6 is 0 Å². The van der Waals surface area contributed by atoms with Crippen molar-refractivity contribution in [3.8, 4) is 0 Å². The van der Waals surface area contributed by atoms with Gasteiger partial charge in [-0.15, -0.1) is 0 Å². The van der Waals surface area contributed by atoms with Crippen LogP contribution in [0.4, 0.5) is 0 Å². The Morgan fingerprint density at radius 2 is 2.40 bits per heavy atom. The molecular formula is C7H7N3. The van der Waals surface area contributed by atoms with Gasteiger partial charge in [0.25, 0.3) is 0 Å². The molecular weight excluding hydrogens is 126 g/mol. The Bertz CT molecular complexity index is 271. The molecule has 0 aromatic heterocycles. The van der Waals surface area contributed by atoms with E-state index in [-0.39, 0.29) is 6.04 Å². The van der Waals surface area contributed by atoms with E-state index in [1.807, 2.05) is 18.2 Å². The first kappa shape index (κ1) is 5.41. The fourth-order valence-corrected chi connectivity index (χ4v) is 1.04. The van der Waals surface area contributed by atoms with E-state index in [1.165, 1.54) is 0 Å². The van der Waals surface area contributed by atoms with Crippen molar-refractivity contribution in [2.24, 2.45) is 15.7 Å². The first-order valence-electron chi connectivity index (χ1n) is 3.12. The van der Waals surface area contributed by atoms with Gasteiger partial charge in [-0.05, 0) is 18.2 Å². The lowest BCUT2D eigenvalue weighted by Gasteiger charge is -2.03. The van der Waals surface area contributed by atoms with Crippen molar-refractivity contribution >= 4 is 11.9 Å². The average molecular weight is 133 g/mol. The lowest BCUT2D eigenvalue weighted by molar-refractivity contribution is 1.10. The van der Waals surface area contributed by atoms with Crippen LogP contribution in [0.3, 0.4) is 0 Å². The molecule has 2 aliphatic heterocycles. The number of nitrogens with two attached hydrogens (primary N) is 1. The van der Waals surface area contributed by atoms with Gasteiger partial charge in [0.15, 0.2) is 0 Å². The maximum atomic E-state index is 5.46. The number of allylic oxidation sites excluding steroid dienone is 1. The number of aliphatic imine (C=N–C) groups is 2. The van der Waals surface area contributed by atoms with Crippen LogP contribution in [0.5, 0.6) is 0 Å². The molecule has 50 valence electrons. The van der Waals surface area contributed by atoms with Gasteiger partial charge in [-0.1, -0.05) is 0 Å². The summed E-state index contributed by atoms with van der Waals surface area (Å²) in [6.45, 7) is 0. The highest BCUT2D eigenvalue weighted by Gasteiger charge is 2.16. The summed E-state index contributed by atoms with van der Waals surface area (Å²) >= 11 is 0. The zero-order valence-electron chi connectivity index (χ0n) is 5.36. The first-order valence-corrected chi connectivity index (χ1v) is 3.12. The summed E-state index contributed by atoms with van der Waals surface area (Å²) < 4.78 is 0. The standard InChI is InChI=1S/C7H7N3/c8-7-4-6-5(10-7)2-1-3-9-6/h1-4,6H,8H2. The average Bonchev–Trinajstić information content (AvgIpc) is 2.27. The second-order valence-corrected chi connectivity index (χ2v) is 2.23. The van der Waals surface area contributed by atoms with Crippen LogP contribution in [0.25, 0.3) is 0 Å². The summed E-state index contributed by atoms with van der Waals surface area (Å²) in [6, 6.07) is 0.0880. The molecule has 2 heterocycles. The summed E-state index contributed by atoms with van der Waals surface area (Å²) in [5.41, 5.74) is 6.40. The summed E-state index contributed by atoms with van der Waals surface area (Å²) in [5.74, 6) is 0.573. The third-order valence-electron chi connectivity index (χ3n) is 1.49. The predicted octanol–water partition coefficient (Wildman–Crippen LogP) is 0.250. The molecule has 0 aliphatic carbocycles. The van der Waals surface area contributed by atoms with E-state index in [0.29, 0.717) is 5.82 Å². The van der Waals surface area contributed by atoms with Crippen LogP contribution < -0.4 is 5.73 Å². The topological polar surface area (TPSA) is 50.7 Å². The first-order chi connectivity index (χ1) is 4.86. The van der Waals surface area contributed by atoms with Crippen LogP contribution in [-0.2, 0) is 0 Å². The zero-order chi connectivity index (χ0) is 6.97. The summed E-state index contributed by atoms with van der Waals surface area (Å²) in [5, 5.41) is 0. The van der Waals surface area contributed by atoms with E-state index in [9.17, 15) is 0 Å². The van der Waals surface area contributed by atoms with Gasteiger partial charge in [-0.3, -0.25) is 4.99 Å². The van der Waals surface area contributed by atoms with E-state index in [2.05, 4.69) is 9.98 Å². The molecule has 1 unspecified atom stereocenters. The second-order valence-electron chi connectivity index (χ2n) is 2.23. The van der Waals surface area contributed by atoms with Gasteiger partial charge in [-0.2, -0.15) is 0 Å². The Labute approximate surface area is 58.7 Å². The van der Waals surface area contributed by atoms with Crippen molar-refractivity contribution in [2.75, 3.05) is 0 Å². The van der Waals surface area contributed by atoms with Crippen molar-refractivity contribution in [2.45, 2.75) is 6.04 Å². The van der Waals surface area contributed by atoms with Crippen LogP contribution in [0, 0.1) is 0 Å². The van der Waals surface area contributed by atoms with E-state index in [1.54, 1.807) is 6.21 Å². The van der Waals surface area contributed by atoms with Gasteiger partial charge in [0, 0.05) is 6.21 Å². The number of nitrogens with zero attached hydrogens (tertiary/aromatic N) is 2. The van der Waals surface area contributed by atoms with E-state index in [0.717, 1.165) is 5.71 Å². The van der Waals surface area contributed by atoms with Gasteiger partial charge in [0.1, 0.15) is 11.9 Å². The molecule has 0 spiro atoms. The Balaban J connectivity index is 2.40. The summed E-state index contributed by atoms with van der Waals surface area (Å²) in [4.78, 5) is 8.21. The van der Waals surface area contributed by atoms with Crippen LogP contribution in [0.1, 0.15) is 0 Å². The van der Waals surface area contributed by atoms with Crippen molar-refractivity contribution in [1.82, 2.24) is 0 Å². The fourth-order valence-electron chi connectivity index (χ4n) is 1.04. The Hall–Kier alpha value is -1.38. The number of fused-ring (bicyclic) bond motifs is 1. The van der Waals surface area contributed by atoms with E-state index in [4.69, 9.17) is 5.73 Å². The molecule has 2 aliphatic rings. The Morgan fingerprint density at radius 3 is 3.20 bits per heavy atom. The van der Waals surface area contributed by atoms with Gasteiger partial charge in [0.05, 0.1) is 5.71 Å². The molecule has 3 heteroatoms. The molecule has 1 atom stereocenters. The Morgan fingerprint density at radius 1 is 1.50 bits per heavy atom. The minimum Gasteiger partial charge on any atom is -0.384 e. The highest BCUT2D eigenvalue weighted by Crippen LogP contribution is 2.12. The molecule has 0 saturated carbocycles. The van der Waals surface area contributed by atoms with Crippen LogP contribution in [0.2, 0.25) is 0 Å². The SMILES string of the molecule is NC1=CC2N=CC=CC2=N1. The predicted molar refractivity (Wildman–Crippen MR) is 41.1 cm³/mol. The molecule has 0 radical (unpaired) electrons. The molecule has 2 rings (SSSR count). The quantitative estimate of drug-likeness (QED) is 0.506. The van der Waals surface area contributed by atoms with Crippen molar-refractivity contribution in [3.05, 3.63) is 24.0 Å². The highest BCUT2D eigenvalue weighted by atomic mass is 15.0. The Kier molecular flexibility index (Phi) is 0.974. The third kappa shape index (κ3) is 0.673.